The molecule has 5 aromatic rings. The summed E-state index contributed by atoms with van der Waals surface area (Å²) in [5, 5.41) is 7.72. The van der Waals surface area contributed by atoms with Crippen LogP contribution in [0, 0.1) is 0 Å². The Morgan fingerprint density at radius 1 is 1.05 bits per heavy atom. The highest BCUT2D eigenvalue weighted by atomic mass is 35.5. The average molecular weight is 549 g/mol. The van der Waals surface area contributed by atoms with Gasteiger partial charge in [-0.2, -0.15) is 4.98 Å². The Hall–Kier alpha value is -3.66. The first-order chi connectivity index (χ1) is 18.5. The molecule has 1 saturated heterocycles. The van der Waals surface area contributed by atoms with Gasteiger partial charge in [-0.3, -0.25) is 9.20 Å². The molecule has 0 radical (unpaired) electrons. The van der Waals surface area contributed by atoms with E-state index < -0.39 is 0 Å². The monoisotopic (exact) mass is 548 g/mol. The van der Waals surface area contributed by atoms with E-state index in [2.05, 4.69) is 37.5 Å². The van der Waals surface area contributed by atoms with Gasteiger partial charge in [0.2, 0.25) is 11.7 Å². The minimum atomic E-state index is -0.362. The largest absolute Gasteiger partial charge is 0.385 e. The summed E-state index contributed by atoms with van der Waals surface area (Å²) in [5.41, 5.74) is 2.33. The van der Waals surface area contributed by atoms with Gasteiger partial charge in [-0.25, -0.2) is 14.5 Å². The molecule has 9 nitrogen and oxygen atoms in total. The molecular formula is C27H26Cl2N8O. The van der Waals surface area contributed by atoms with Gasteiger partial charge < -0.3 is 15.5 Å². The summed E-state index contributed by atoms with van der Waals surface area (Å²) >= 11 is 12.8. The van der Waals surface area contributed by atoms with Crippen LogP contribution < -0.4 is 16.2 Å². The lowest BCUT2D eigenvalue weighted by Crippen LogP contribution is -2.26. The Kier molecular flexibility index (Phi) is 6.65. The van der Waals surface area contributed by atoms with E-state index in [0.29, 0.717) is 44.5 Å². The molecule has 1 aliphatic rings. The van der Waals surface area contributed by atoms with Crippen LogP contribution in [0.3, 0.4) is 0 Å². The molecule has 0 spiro atoms. The zero-order chi connectivity index (χ0) is 26.2. The molecule has 1 aliphatic heterocycles. The van der Waals surface area contributed by atoms with Crippen LogP contribution in [-0.4, -0.2) is 55.0 Å². The van der Waals surface area contributed by atoms with Crippen LogP contribution >= 0.6 is 23.2 Å². The molecule has 11 heteroatoms. The van der Waals surface area contributed by atoms with Gasteiger partial charge in [0.25, 0.3) is 5.56 Å². The third-order valence-electron chi connectivity index (χ3n) is 7.03. The maximum Gasteiger partial charge on any atom is 0.270 e. The van der Waals surface area contributed by atoms with Crippen LogP contribution in [0.5, 0.6) is 0 Å². The fourth-order valence-electron chi connectivity index (χ4n) is 5.04. The number of nitrogens with one attached hydrogen (secondary N) is 2. The van der Waals surface area contributed by atoms with Crippen molar-refractivity contribution in [3.63, 3.8) is 0 Å². The van der Waals surface area contributed by atoms with E-state index in [4.69, 9.17) is 23.2 Å². The van der Waals surface area contributed by atoms with Crippen molar-refractivity contribution in [2.45, 2.75) is 25.3 Å². The zero-order valence-corrected chi connectivity index (χ0v) is 22.2. The summed E-state index contributed by atoms with van der Waals surface area (Å²) in [5.74, 6) is 0.715. The Bertz CT molecular complexity index is 1660. The van der Waals surface area contributed by atoms with Crippen LogP contribution in [-0.2, 0) is 0 Å². The molecule has 0 bridgehead atoms. The number of anilines is 3. The van der Waals surface area contributed by atoms with Gasteiger partial charge in [-0.15, -0.1) is 0 Å². The highest BCUT2D eigenvalue weighted by Gasteiger charge is 2.20. The number of likely N-dealkylation sites (tertiary alicyclic amines) is 1. The standard InChI is InChI=1S/C27H26Cl2N8O/c1-35-14-3-4-19(35)11-12-30-17-7-9-18(10-8-17)33-26-32-16-20-24(34-26)36-15-13-31-27(36)37(25(20)38)23-21(28)5-2-6-22(23)29/h2,5-10,13,15-16,19,30H,3-4,11-12,14H2,1H3,(H,32,33,34). The number of benzene rings is 2. The van der Waals surface area contributed by atoms with Gasteiger partial charge in [0.1, 0.15) is 5.39 Å². The molecule has 0 saturated carbocycles. The third-order valence-corrected chi connectivity index (χ3v) is 7.64. The number of rotatable bonds is 7. The SMILES string of the molecule is CN1CCCC1CCNc1ccc(Nc2ncc3c(=O)n(-c4c(Cl)cccc4Cl)c4nccn4c3n2)cc1. The van der Waals surface area contributed by atoms with Gasteiger partial charge in [0.05, 0.1) is 15.7 Å². The van der Waals surface area contributed by atoms with Crippen LogP contribution in [0.4, 0.5) is 17.3 Å². The molecule has 1 unspecified atom stereocenters. The number of halogens is 2. The molecular weight excluding hydrogens is 523 g/mol. The normalized spacial score (nSPS) is 15.9. The van der Waals surface area contributed by atoms with E-state index >= 15 is 0 Å². The molecule has 1 atom stereocenters. The van der Waals surface area contributed by atoms with Crippen molar-refractivity contribution in [1.29, 1.82) is 0 Å². The van der Waals surface area contributed by atoms with Crippen LogP contribution in [0.2, 0.25) is 10.0 Å². The smallest absolute Gasteiger partial charge is 0.270 e. The molecule has 4 heterocycles. The molecule has 2 N–H and O–H groups in total. The number of hydrogen-bond donors (Lipinski definition) is 2. The number of hydrogen-bond acceptors (Lipinski definition) is 7. The first-order valence-electron chi connectivity index (χ1n) is 12.5. The average Bonchev–Trinajstić information content (AvgIpc) is 3.56. The fourth-order valence-corrected chi connectivity index (χ4v) is 5.60. The maximum atomic E-state index is 13.5. The Morgan fingerprint density at radius 2 is 1.82 bits per heavy atom. The number of nitrogens with zero attached hydrogens (tertiary/aromatic N) is 6. The van der Waals surface area contributed by atoms with Crippen molar-refractivity contribution in [2.75, 3.05) is 30.8 Å². The molecule has 6 rings (SSSR count). The number of para-hydroxylation sites is 1. The van der Waals surface area contributed by atoms with Gasteiger partial charge in [-0.1, -0.05) is 29.3 Å². The second-order valence-corrected chi connectivity index (χ2v) is 10.2. The molecule has 3 aromatic heterocycles. The zero-order valence-electron chi connectivity index (χ0n) is 20.7. The molecule has 0 aliphatic carbocycles. The first-order valence-corrected chi connectivity index (χ1v) is 13.3. The number of aromatic nitrogens is 5. The van der Waals surface area contributed by atoms with Crippen molar-refractivity contribution in [2.24, 2.45) is 0 Å². The van der Waals surface area contributed by atoms with E-state index in [0.717, 1.165) is 24.3 Å². The van der Waals surface area contributed by atoms with Crippen molar-refractivity contribution >= 4 is 57.3 Å². The van der Waals surface area contributed by atoms with E-state index in [1.165, 1.54) is 30.2 Å². The maximum absolute atomic E-state index is 13.5. The van der Waals surface area contributed by atoms with Crippen LogP contribution in [0.25, 0.3) is 22.5 Å². The Labute approximate surface area is 229 Å². The third kappa shape index (κ3) is 4.57. The predicted octanol–water partition coefficient (Wildman–Crippen LogP) is 5.38. The lowest BCUT2D eigenvalue weighted by Gasteiger charge is -2.19. The number of fused-ring (bicyclic) bond motifs is 3. The first kappa shape index (κ1) is 24.7. The van der Waals surface area contributed by atoms with Crippen LogP contribution in [0.1, 0.15) is 19.3 Å². The van der Waals surface area contributed by atoms with E-state index in [9.17, 15) is 4.79 Å². The molecule has 2 aromatic carbocycles. The molecule has 0 amide bonds. The van der Waals surface area contributed by atoms with E-state index in [1.807, 2.05) is 24.3 Å². The summed E-state index contributed by atoms with van der Waals surface area (Å²) in [4.78, 5) is 29.4. The topological polar surface area (TPSA) is 92.4 Å². The second kappa shape index (κ2) is 10.2. The summed E-state index contributed by atoms with van der Waals surface area (Å²) in [7, 11) is 2.20. The number of imidazole rings is 1. The van der Waals surface area contributed by atoms with E-state index in [1.54, 1.807) is 35.0 Å². The molecule has 194 valence electrons. The van der Waals surface area contributed by atoms with Gasteiger partial charge >= 0.3 is 0 Å². The summed E-state index contributed by atoms with van der Waals surface area (Å²) in [6.07, 6.45) is 8.54. The quantitative estimate of drug-likeness (QED) is 0.282. The lowest BCUT2D eigenvalue weighted by atomic mass is 10.1. The minimum absolute atomic E-state index is 0.310. The Balaban J connectivity index is 1.25. The Morgan fingerprint density at radius 3 is 2.55 bits per heavy atom. The molecule has 1 fully saturated rings. The second-order valence-electron chi connectivity index (χ2n) is 9.43. The van der Waals surface area contributed by atoms with Crippen molar-refractivity contribution in [1.82, 2.24) is 28.8 Å². The van der Waals surface area contributed by atoms with Gasteiger partial charge in [0.15, 0.2) is 5.65 Å². The van der Waals surface area contributed by atoms with Gasteiger partial charge in [0, 0.05) is 42.6 Å². The summed E-state index contributed by atoms with van der Waals surface area (Å²) in [6, 6.07) is 13.8. The highest BCUT2D eigenvalue weighted by Crippen LogP contribution is 2.29. The van der Waals surface area contributed by atoms with Crippen molar-refractivity contribution in [3.8, 4) is 5.69 Å². The van der Waals surface area contributed by atoms with Crippen LogP contribution in [0.15, 0.2) is 65.8 Å². The predicted molar refractivity (Wildman–Crippen MR) is 152 cm³/mol. The summed E-state index contributed by atoms with van der Waals surface area (Å²) < 4.78 is 3.11. The van der Waals surface area contributed by atoms with Crippen molar-refractivity contribution in [3.05, 3.63) is 81.5 Å². The fraction of sp³-hybridized carbons (Fsp3) is 0.259. The van der Waals surface area contributed by atoms with E-state index in [-0.39, 0.29) is 5.56 Å². The van der Waals surface area contributed by atoms with Gasteiger partial charge in [-0.05, 0) is 69.3 Å². The highest BCUT2D eigenvalue weighted by molar-refractivity contribution is 6.37. The molecule has 38 heavy (non-hydrogen) atoms. The minimum Gasteiger partial charge on any atom is -0.385 e. The lowest BCUT2D eigenvalue weighted by molar-refractivity contribution is 0.301. The summed E-state index contributed by atoms with van der Waals surface area (Å²) in [6.45, 7) is 2.13. The van der Waals surface area contributed by atoms with Crippen molar-refractivity contribution < 1.29 is 0 Å².